The number of nitrogens with zero attached hydrogens (tertiary/aromatic N) is 3. The Morgan fingerprint density at radius 1 is 1.33 bits per heavy atom. The number of hydrogen-bond donors (Lipinski definition) is 2. The third-order valence-corrected chi connectivity index (χ3v) is 5.14. The first kappa shape index (κ1) is 15.6. The van der Waals surface area contributed by atoms with E-state index < -0.39 is 10.0 Å². The number of H-pyrrole nitrogens is 1. The minimum atomic E-state index is -3.72. The standard InChI is InChI=1S/C13H18N4O3S/c1-10-12(9-18)13(16-15-10)21(19,20)17(2)8-5-11-3-6-14-7-4-11/h3-4,6-7,18H,5,8-9H2,1-2H3,(H,15,16). The molecule has 0 aromatic carbocycles. The minimum Gasteiger partial charge on any atom is -0.392 e. The highest BCUT2D eigenvalue weighted by Crippen LogP contribution is 2.19. The van der Waals surface area contributed by atoms with E-state index in [9.17, 15) is 13.5 Å². The predicted molar refractivity (Wildman–Crippen MR) is 77.0 cm³/mol. The van der Waals surface area contributed by atoms with Gasteiger partial charge in [-0.05, 0) is 31.0 Å². The van der Waals surface area contributed by atoms with Crippen molar-refractivity contribution in [2.75, 3.05) is 13.6 Å². The third kappa shape index (κ3) is 3.29. The third-order valence-electron chi connectivity index (χ3n) is 3.31. The summed E-state index contributed by atoms with van der Waals surface area (Å²) < 4.78 is 26.2. The molecule has 0 unspecified atom stereocenters. The zero-order valence-electron chi connectivity index (χ0n) is 11.9. The fourth-order valence-electron chi connectivity index (χ4n) is 1.93. The van der Waals surface area contributed by atoms with Gasteiger partial charge < -0.3 is 5.11 Å². The van der Waals surface area contributed by atoms with Crippen molar-refractivity contribution in [1.82, 2.24) is 19.5 Å². The fourth-order valence-corrected chi connectivity index (χ4v) is 3.25. The van der Waals surface area contributed by atoms with E-state index in [1.54, 1.807) is 19.3 Å². The van der Waals surface area contributed by atoms with Crippen LogP contribution in [0.5, 0.6) is 0 Å². The van der Waals surface area contributed by atoms with Crippen LogP contribution in [-0.2, 0) is 23.1 Å². The van der Waals surface area contributed by atoms with Gasteiger partial charge in [0.25, 0.3) is 10.0 Å². The highest BCUT2D eigenvalue weighted by Gasteiger charge is 2.27. The van der Waals surface area contributed by atoms with Crippen LogP contribution in [0.3, 0.4) is 0 Å². The van der Waals surface area contributed by atoms with E-state index in [1.165, 1.54) is 11.4 Å². The van der Waals surface area contributed by atoms with Gasteiger partial charge in [0.05, 0.1) is 6.61 Å². The van der Waals surface area contributed by atoms with Gasteiger partial charge in [0.2, 0.25) is 0 Å². The number of nitrogens with one attached hydrogen (secondary N) is 1. The molecular formula is C13H18N4O3S. The lowest BCUT2D eigenvalue weighted by Gasteiger charge is -2.16. The first-order valence-corrected chi connectivity index (χ1v) is 7.90. The van der Waals surface area contributed by atoms with Crippen molar-refractivity contribution >= 4 is 10.0 Å². The molecule has 0 spiro atoms. The molecule has 2 aromatic heterocycles. The Bertz CT molecular complexity index is 697. The van der Waals surface area contributed by atoms with E-state index >= 15 is 0 Å². The molecular weight excluding hydrogens is 292 g/mol. The topological polar surface area (TPSA) is 99.2 Å². The van der Waals surface area contributed by atoms with Crippen LogP contribution in [0.2, 0.25) is 0 Å². The monoisotopic (exact) mass is 310 g/mol. The molecule has 0 atom stereocenters. The molecule has 0 aliphatic heterocycles. The second kappa shape index (κ2) is 6.33. The second-order valence-electron chi connectivity index (χ2n) is 4.72. The molecule has 2 heterocycles. The summed E-state index contributed by atoms with van der Waals surface area (Å²) in [4.78, 5) is 3.92. The maximum Gasteiger partial charge on any atom is 0.262 e. The van der Waals surface area contributed by atoms with Gasteiger partial charge in [-0.25, -0.2) is 8.42 Å². The molecule has 0 aliphatic carbocycles. The van der Waals surface area contributed by atoms with E-state index in [4.69, 9.17) is 0 Å². The molecule has 2 aromatic rings. The van der Waals surface area contributed by atoms with E-state index in [1.807, 2.05) is 12.1 Å². The molecule has 7 nitrogen and oxygen atoms in total. The Morgan fingerprint density at radius 3 is 2.62 bits per heavy atom. The molecule has 21 heavy (non-hydrogen) atoms. The van der Waals surface area contributed by atoms with Crippen LogP contribution in [0, 0.1) is 6.92 Å². The SMILES string of the molecule is Cc1[nH]nc(S(=O)(=O)N(C)CCc2ccncc2)c1CO. The van der Waals surface area contributed by atoms with Crippen molar-refractivity contribution in [3.8, 4) is 0 Å². The summed E-state index contributed by atoms with van der Waals surface area (Å²) in [6.45, 7) is 1.63. The first-order valence-electron chi connectivity index (χ1n) is 6.46. The number of aromatic nitrogens is 3. The summed E-state index contributed by atoms with van der Waals surface area (Å²) in [5, 5.41) is 15.6. The Balaban J connectivity index is 2.15. The van der Waals surface area contributed by atoms with Crippen LogP contribution >= 0.6 is 0 Å². The number of aliphatic hydroxyl groups excluding tert-OH is 1. The normalized spacial score (nSPS) is 12.0. The average molecular weight is 310 g/mol. The Hall–Kier alpha value is -1.77. The molecule has 2 N–H and O–H groups in total. The number of likely N-dealkylation sites (N-methyl/N-ethyl adjacent to an activating group) is 1. The number of rotatable bonds is 6. The number of aromatic amines is 1. The van der Waals surface area contributed by atoms with Crippen LogP contribution in [-0.4, -0.2) is 46.6 Å². The summed E-state index contributed by atoms with van der Waals surface area (Å²) in [7, 11) is -2.21. The van der Waals surface area contributed by atoms with E-state index in [-0.39, 0.29) is 11.6 Å². The lowest BCUT2D eigenvalue weighted by molar-refractivity contribution is 0.277. The first-order chi connectivity index (χ1) is 9.96. The lowest BCUT2D eigenvalue weighted by Crippen LogP contribution is -2.30. The smallest absolute Gasteiger partial charge is 0.262 e. The lowest BCUT2D eigenvalue weighted by atomic mass is 10.2. The molecule has 8 heteroatoms. The maximum atomic E-state index is 12.5. The van der Waals surface area contributed by atoms with Crippen molar-refractivity contribution in [3.05, 3.63) is 41.3 Å². The molecule has 0 fully saturated rings. The highest BCUT2D eigenvalue weighted by atomic mass is 32.2. The van der Waals surface area contributed by atoms with Crippen LogP contribution in [0.1, 0.15) is 16.8 Å². The van der Waals surface area contributed by atoms with Gasteiger partial charge in [-0.3, -0.25) is 10.1 Å². The molecule has 2 rings (SSSR count). The molecule has 0 radical (unpaired) electrons. The Kier molecular flexibility index (Phi) is 4.71. The molecule has 0 saturated carbocycles. The number of hydrogen-bond acceptors (Lipinski definition) is 5. The molecule has 0 aliphatic rings. The van der Waals surface area contributed by atoms with Crippen LogP contribution in [0.4, 0.5) is 0 Å². The van der Waals surface area contributed by atoms with Gasteiger partial charge in [0.1, 0.15) is 0 Å². The van der Waals surface area contributed by atoms with Crippen molar-refractivity contribution in [3.63, 3.8) is 0 Å². The molecule has 114 valence electrons. The second-order valence-corrected chi connectivity index (χ2v) is 6.68. The van der Waals surface area contributed by atoms with E-state index in [2.05, 4.69) is 15.2 Å². The molecule has 0 bridgehead atoms. The van der Waals surface area contributed by atoms with Crippen molar-refractivity contribution < 1.29 is 13.5 Å². The summed E-state index contributed by atoms with van der Waals surface area (Å²) in [6.07, 6.45) is 3.92. The largest absolute Gasteiger partial charge is 0.392 e. The summed E-state index contributed by atoms with van der Waals surface area (Å²) in [5.41, 5.74) is 1.87. The van der Waals surface area contributed by atoms with Crippen molar-refractivity contribution in [2.45, 2.75) is 25.0 Å². The van der Waals surface area contributed by atoms with Gasteiger partial charge >= 0.3 is 0 Å². The molecule has 0 amide bonds. The minimum absolute atomic E-state index is 0.111. The fraction of sp³-hybridized carbons (Fsp3) is 0.385. The van der Waals surface area contributed by atoms with Gasteiger partial charge in [-0.1, -0.05) is 0 Å². The van der Waals surface area contributed by atoms with Gasteiger partial charge in [-0.2, -0.15) is 9.40 Å². The number of pyridine rings is 1. The Labute approximate surface area is 123 Å². The van der Waals surface area contributed by atoms with E-state index in [0.717, 1.165) is 5.56 Å². The molecule has 0 saturated heterocycles. The number of sulfonamides is 1. The number of aliphatic hydroxyl groups is 1. The zero-order valence-corrected chi connectivity index (χ0v) is 12.8. The summed E-state index contributed by atoms with van der Waals surface area (Å²) >= 11 is 0. The maximum absolute atomic E-state index is 12.5. The van der Waals surface area contributed by atoms with Gasteiger partial charge in [0.15, 0.2) is 5.03 Å². The quantitative estimate of drug-likeness (QED) is 0.808. The zero-order chi connectivity index (χ0) is 15.5. The summed E-state index contributed by atoms with van der Waals surface area (Å²) in [6, 6.07) is 3.69. The Morgan fingerprint density at radius 2 is 2.00 bits per heavy atom. The van der Waals surface area contributed by atoms with Gasteiger partial charge in [0, 0.05) is 37.2 Å². The van der Waals surface area contributed by atoms with E-state index in [0.29, 0.717) is 24.2 Å². The average Bonchev–Trinajstić information content (AvgIpc) is 2.87. The van der Waals surface area contributed by atoms with Crippen molar-refractivity contribution in [1.29, 1.82) is 0 Å². The highest BCUT2D eigenvalue weighted by molar-refractivity contribution is 7.89. The summed E-state index contributed by atoms with van der Waals surface area (Å²) in [5.74, 6) is 0. The number of aryl methyl sites for hydroxylation is 1. The van der Waals surface area contributed by atoms with Crippen LogP contribution in [0.25, 0.3) is 0 Å². The van der Waals surface area contributed by atoms with Crippen LogP contribution < -0.4 is 0 Å². The van der Waals surface area contributed by atoms with Gasteiger partial charge in [-0.15, -0.1) is 0 Å². The van der Waals surface area contributed by atoms with Crippen molar-refractivity contribution in [2.24, 2.45) is 0 Å². The van der Waals surface area contributed by atoms with Crippen LogP contribution in [0.15, 0.2) is 29.6 Å². The predicted octanol–water partition coefficient (Wildman–Crippen LogP) is 0.469.